The second kappa shape index (κ2) is 6.56. The summed E-state index contributed by atoms with van der Waals surface area (Å²) < 4.78 is 5.26. The molecule has 3 atom stereocenters. The Bertz CT molecular complexity index is 347. The van der Waals surface area contributed by atoms with Gasteiger partial charge in [-0.1, -0.05) is 18.6 Å². The second-order valence-corrected chi connectivity index (χ2v) is 6.27. The van der Waals surface area contributed by atoms with E-state index >= 15 is 0 Å². The first-order valence-electron chi connectivity index (χ1n) is 7.67. The molecule has 108 valence electrons. The number of hydrogen-bond donors (Lipinski definition) is 1. The Hall–Kier alpha value is -0.830. The number of hydrogen-bond acceptors (Lipinski definition) is 3. The van der Waals surface area contributed by atoms with Gasteiger partial charge < -0.3 is 10.1 Å². The fraction of sp³-hybridized carbons (Fsp3) is 0.812. The van der Waals surface area contributed by atoms with E-state index in [-0.39, 0.29) is 12.0 Å². The van der Waals surface area contributed by atoms with Gasteiger partial charge in [-0.2, -0.15) is 0 Å². The van der Waals surface area contributed by atoms with Gasteiger partial charge in [0.2, 0.25) is 0 Å². The van der Waals surface area contributed by atoms with E-state index < -0.39 is 0 Å². The topological polar surface area (TPSA) is 38.3 Å². The second-order valence-electron chi connectivity index (χ2n) is 6.27. The standard InChI is InChI=1S/C16H27NO2/c1-4-19-16(18)15(17-10-13-5-6-13)14-8-11(2)7-12(3)9-14/h7,11,13-15,17H,4-6,8-10H2,1-3H3. The Balaban J connectivity index is 1.98. The van der Waals surface area contributed by atoms with Crippen LogP contribution in [0.5, 0.6) is 0 Å². The summed E-state index contributed by atoms with van der Waals surface area (Å²) in [4.78, 5) is 12.2. The highest BCUT2D eigenvalue weighted by Crippen LogP contribution is 2.32. The molecule has 1 fully saturated rings. The average molecular weight is 265 g/mol. The van der Waals surface area contributed by atoms with Gasteiger partial charge in [0.25, 0.3) is 0 Å². The third-order valence-electron chi connectivity index (χ3n) is 4.16. The fourth-order valence-corrected chi connectivity index (χ4v) is 3.14. The SMILES string of the molecule is CCOC(=O)C(NCC1CC1)C1CC(C)=CC(C)C1. The fourth-order valence-electron chi connectivity index (χ4n) is 3.14. The van der Waals surface area contributed by atoms with Gasteiger partial charge in [-0.25, -0.2) is 0 Å². The molecule has 0 aromatic carbocycles. The van der Waals surface area contributed by atoms with E-state index in [1.54, 1.807) is 0 Å². The molecule has 0 spiro atoms. The van der Waals surface area contributed by atoms with E-state index in [2.05, 4.69) is 25.2 Å². The van der Waals surface area contributed by atoms with Gasteiger partial charge in [-0.15, -0.1) is 0 Å². The van der Waals surface area contributed by atoms with Crippen LogP contribution in [0.1, 0.15) is 46.5 Å². The Morgan fingerprint density at radius 2 is 2.26 bits per heavy atom. The first-order valence-corrected chi connectivity index (χ1v) is 7.67. The molecule has 1 N–H and O–H groups in total. The molecule has 0 aliphatic heterocycles. The summed E-state index contributed by atoms with van der Waals surface area (Å²) in [5.41, 5.74) is 1.41. The number of esters is 1. The summed E-state index contributed by atoms with van der Waals surface area (Å²) >= 11 is 0. The average Bonchev–Trinajstić information content (AvgIpc) is 3.12. The zero-order valence-corrected chi connectivity index (χ0v) is 12.4. The molecule has 19 heavy (non-hydrogen) atoms. The van der Waals surface area contributed by atoms with E-state index in [0.717, 1.165) is 25.3 Å². The molecule has 3 heteroatoms. The van der Waals surface area contributed by atoms with Crippen molar-refractivity contribution in [3.8, 4) is 0 Å². The highest BCUT2D eigenvalue weighted by atomic mass is 16.5. The molecule has 0 radical (unpaired) electrons. The molecule has 3 nitrogen and oxygen atoms in total. The van der Waals surface area contributed by atoms with Crippen molar-refractivity contribution >= 4 is 5.97 Å². The van der Waals surface area contributed by atoms with Gasteiger partial charge in [-0.05, 0) is 63.8 Å². The van der Waals surface area contributed by atoms with Gasteiger partial charge in [0.15, 0.2) is 0 Å². The Morgan fingerprint density at radius 1 is 1.53 bits per heavy atom. The van der Waals surface area contributed by atoms with Crippen LogP contribution >= 0.6 is 0 Å². The largest absolute Gasteiger partial charge is 0.465 e. The van der Waals surface area contributed by atoms with Crippen LogP contribution in [0.4, 0.5) is 0 Å². The summed E-state index contributed by atoms with van der Waals surface area (Å²) in [5.74, 6) is 1.68. The summed E-state index contributed by atoms with van der Waals surface area (Å²) in [5, 5.41) is 3.48. The normalized spacial score (nSPS) is 28.7. The summed E-state index contributed by atoms with van der Waals surface area (Å²) in [6, 6.07) is -0.119. The van der Waals surface area contributed by atoms with Gasteiger partial charge in [0.1, 0.15) is 6.04 Å². The van der Waals surface area contributed by atoms with Crippen molar-refractivity contribution in [3.63, 3.8) is 0 Å². The summed E-state index contributed by atoms with van der Waals surface area (Å²) in [7, 11) is 0. The van der Waals surface area contributed by atoms with Crippen molar-refractivity contribution in [2.75, 3.05) is 13.2 Å². The Labute approximate surface area is 116 Å². The van der Waals surface area contributed by atoms with Crippen molar-refractivity contribution in [1.29, 1.82) is 0 Å². The number of ether oxygens (including phenoxy) is 1. The highest BCUT2D eigenvalue weighted by Gasteiger charge is 2.33. The molecule has 2 rings (SSSR count). The van der Waals surface area contributed by atoms with Crippen molar-refractivity contribution in [3.05, 3.63) is 11.6 Å². The first kappa shape index (κ1) is 14.6. The first-order chi connectivity index (χ1) is 9.10. The van der Waals surface area contributed by atoms with E-state index in [4.69, 9.17) is 4.74 Å². The molecule has 1 saturated carbocycles. The van der Waals surface area contributed by atoms with Crippen LogP contribution < -0.4 is 5.32 Å². The maximum absolute atomic E-state index is 12.2. The van der Waals surface area contributed by atoms with Crippen LogP contribution in [0.3, 0.4) is 0 Å². The molecule has 0 aromatic rings. The van der Waals surface area contributed by atoms with Crippen LogP contribution in [0.15, 0.2) is 11.6 Å². The number of nitrogens with one attached hydrogen (secondary N) is 1. The summed E-state index contributed by atoms with van der Waals surface area (Å²) in [6.07, 6.45) is 7.05. The molecule has 0 aromatic heterocycles. The lowest BCUT2D eigenvalue weighted by Gasteiger charge is -2.31. The van der Waals surface area contributed by atoms with Crippen LogP contribution in [0, 0.1) is 17.8 Å². The van der Waals surface area contributed by atoms with Crippen molar-refractivity contribution in [2.24, 2.45) is 17.8 Å². The summed E-state index contributed by atoms with van der Waals surface area (Å²) in [6.45, 7) is 7.73. The van der Waals surface area contributed by atoms with Gasteiger partial charge in [-0.3, -0.25) is 4.79 Å². The van der Waals surface area contributed by atoms with Crippen LogP contribution in [0.25, 0.3) is 0 Å². The van der Waals surface area contributed by atoms with Gasteiger partial charge in [0, 0.05) is 0 Å². The van der Waals surface area contributed by atoms with E-state index in [9.17, 15) is 4.79 Å². The zero-order chi connectivity index (χ0) is 13.8. The predicted octanol–water partition coefficient (Wildman–Crippen LogP) is 2.91. The molecular weight excluding hydrogens is 238 g/mol. The molecule has 0 bridgehead atoms. The van der Waals surface area contributed by atoms with Gasteiger partial charge >= 0.3 is 5.97 Å². The van der Waals surface area contributed by atoms with Crippen LogP contribution in [-0.2, 0) is 9.53 Å². The minimum absolute atomic E-state index is 0.0601. The Morgan fingerprint density at radius 3 is 2.84 bits per heavy atom. The molecule has 0 amide bonds. The Kier molecular flexibility index (Phi) is 5.03. The lowest BCUT2D eigenvalue weighted by atomic mass is 9.79. The van der Waals surface area contributed by atoms with E-state index in [0.29, 0.717) is 18.4 Å². The van der Waals surface area contributed by atoms with Crippen molar-refractivity contribution in [2.45, 2.75) is 52.5 Å². The third-order valence-corrected chi connectivity index (χ3v) is 4.16. The minimum atomic E-state index is -0.119. The number of allylic oxidation sites excluding steroid dienone is 2. The molecule has 0 heterocycles. The van der Waals surface area contributed by atoms with E-state index in [1.165, 1.54) is 18.4 Å². The van der Waals surface area contributed by atoms with Crippen LogP contribution in [-0.4, -0.2) is 25.2 Å². The molecular formula is C16H27NO2. The lowest BCUT2D eigenvalue weighted by molar-refractivity contribution is -0.147. The number of carbonyl (C=O) groups excluding carboxylic acids is 1. The maximum Gasteiger partial charge on any atom is 0.323 e. The maximum atomic E-state index is 12.2. The number of carbonyl (C=O) groups is 1. The number of rotatable bonds is 6. The molecule has 2 aliphatic rings. The molecule has 2 aliphatic carbocycles. The van der Waals surface area contributed by atoms with Gasteiger partial charge in [0.05, 0.1) is 6.61 Å². The van der Waals surface area contributed by atoms with Crippen molar-refractivity contribution < 1.29 is 9.53 Å². The lowest BCUT2D eigenvalue weighted by Crippen LogP contribution is -2.46. The zero-order valence-electron chi connectivity index (χ0n) is 12.4. The molecule has 0 saturated heterocycles. The highest BCUT2D eigenvalue weighted by molar-refractivity contribution is 5.76. The molecule has 3 unspecified atom stereocenters. The predicted molar refractivity (Wildman–Crippen MR) is 76.8 cm³/mol. The third kappa shape index (κ3) is 4.34. The smallest absolute Gasteiger partial charge is 0.323 e. The quantitative estimate of drug-likeness (QED) is 0.593. The van der Waals surface area contributed by atoms with Crippen LogP contribution in [0.2, 0.25) is 0 Å². The minimum Gasteiger partial charge on any atom is -0.465 e. The van der Waals surface area contributed by atoms with Crippen molar-refractivity contribution in [1.82, 2.24) is 5.32 Å². The monoisotopic (exact) mass is 265 g/mol. The van der Waals surface area contributed by atoms with E-state index in [1.807, 2.05) is 6.92 Å².